The van der Waals surface area contributed by atoms with E-state index in [0.29, 0.717) is 24.0 Å². The number of aromatic nitrogens is 2. The standard InChI is InChI=1S/C19H30N2O2/c1-15-5-6-20-21(15)18-10-16(2)9-17(3,11-18)13-19(12-16,14-18)23-8-7-22-4/h5-6H,7-14H2,1-4H3. The zero-order valence-corrected chi connectivity index (χ0v) is 15.0. The Labute approximate surface area is 139 Å². The van der Waals surface area contributed by atoms with Gasteiger partial charge in [-0.05, 0) is 55.9 Å². The van der Waals surface area contributed by atoms with Gasteiger partial charge < -0.3 is 9.47 Å². The molecule has 2 atom stereocenters. The number of methoxy groups -OCH3 is 1. The van der Waals surface area contributed by atoms with Crippen LogP contribution < -0.4 is 0 Å². The lowest BCUT2D eigenvalue weighted by atomic mass is 9.41. The lowest BCUT2D eigenvalue weighted by Gasteiger charge is -2.69. The van der Waals surface area contributed by atoms with Gasteiger partial charge in [-0.15, -0.1) is 0 Å². The Morgan fingerprint density at radius 2 is 1.74 bits per heavy atom. The topological polar surface area (TPSA) is 36.3 Å². The van der Waals surface area contributed by atoms with Crippen LogP contribution in [0.25, 0.3) is 0 Å². The predicted molar refractivity (Wildman–Crippen MR) is 89.4 cm³/mol. The molecule has 0 radical (unpaired) electrons. The van der Waals surface area contributed by atoms with Crippen molar-refractivity contribution in [2.24, 2.45) is 10.8 Å². The number of nitrogens with zero attached hydrogens (tertiary/aromatic N) is 2. The van der Waals surface area contributed by atoms with Gasteiger partial charge in [0, 0.05) is 25.4 Å². The highest BCUT2D eigenvalue weighted by molar-refractivity contribution is 5.20. The molecule has 128 valence electrons. The van der Waals surface area contributed by atoms with Crippen LogP contribution in [-0.2, 0) is 15.0 Å². The van der Waals surface area contributed by atoms with Crippen molar-refractivity contribution in [2.45, 2.75) is 70.4 Å². The number of hydrogen-bond donors (Lipinski definition) is 0. The highest BCUT2D eigenvalue weighted by Crippen LogP contribution is 2.70. The molecule has 4 bridgehead atoms. The molecule has 0 aliphatic heterocycles. The van der Waals surface area contributed by atoms with E-state index in [1.165, 1.54) is 37.8 Å². The highest BCUT2D eigenvalue weighted by atomic mass is 16.5. The van der Waals surface area contributed by atoms with Crippen molar-refractivity contribution in [3.63, 3.8) is 0 Å². The molecule has 1 heterocycles. The zero-order chi connectivity index (χ0) is 16.3. The average Bonchev–Trinajstić information content (AvgIpc) is 2.81. The van der Waals surface area contributed by atoms with Gasteiger partial charge in [0.05, 0.1) is 24.4 Å². The molecule has 1 aromatic heterocycles. The molecule has 0 amide bonds. The molecular weight excluding hydrogens is 288 g/mol. The van der Waals surface area contributed by atoms with Gasteiger partial charge in [0.2, 0.25) is 0 Å². The minimum atomic E-state index is 0.00910. The lowest BCUT2D eigenvalue weighted by Crippen LogP contribution is -2.67. The summed E-state index contributed by atoms with van der Waals surface area (Å²) in [5.41, 5.74) is 2.17. The Bertz CT molecular complexity index is 590. The minimum absolute atomic E-state index is 0.00910. The van der Waals surface area contributed by atoms with Crippen LogP contribution in [0.15, 0.2) is 12.3 Å². The molecule has 2 unspecified atom stereocenters. The van der Waals surface area contributed by atoms with Crippen molar-refractivity contribution in [3.8, 4) is 0 Å². The summed E-state index contributed by atoms with van der Waals surface area (Å²) in [4.78, 5) is 0. The first-order valence-electron chi connectivity index (χ1n) is 8.96. The quantitative estimate of drug-likeness (QED) is 0.777. The summed E-state index contributed by atoms with van der Waals surface area (Å²) >= 11 is 0. The summed E-state index contributed by atoms with van der Waals surface area (Å²) in [6.45, 7) is 8.53. The van der Waals surface area contributed by atoms with Gasteiger partial charge in [0.1, 0.15) is 0 Å². The van der Waals surface area contributed by atoms with Crippen LogP contribution in [0, 0.1) is 17.8 Å². The third-order valence-corrected chi connectivity index (χ3v) is 6.49. The van der Waals surface area contributed by atoms with Crippen LogP contribution in [0.5, 0.6) is 0 Å². The maximum absolute atomic E-state index is 6.51. The third kappa shape index (κ3) is 2.37. The van der Waals surface area contributed by atoms with Crippen molar-refractivity contribution in [2.75, 3.05) is 20.3 Å². The van der Waals surface area contributed by atoms with Crippen LogP contribution in [0.3, 0.4) is 0 Å². The maximum Gasteiger partial charge on any atom is 0.0717 e. The predicted octanol–water partition coefficient (Wildman–Crippen LogP) is 3.68. The molecule has 4 nitrogen and oxygen atoms in total. The van der Waals surface area contributed by atoms with Gasteiger partial charge in [0.25, 0.3) is 0 Å². The minimum Gasteiger partial charge on any atom is -0.382 e. The second-order valence-corrected chi connectivity index (χ2v) is 9.31. The lowest BCUT2D eigenvalue weighted by molar-refractivity contribution is -0.243. The molecule has 4 heteroatoms. The maximum atomic E-state index is 6.51. The first-order valence-corrected chi connectivity index (χ1v) is 8.96. The van der Waals surface area contributed by atoms with Crippen molar-refractivity contribution >= 4 is 0 Å². The van der Waals surface area contributed by atoms with Gasteiger partial charge in [-0.25, -0.2) is 0 Å². The highest BCUT2D eigenvalue weighted by Gasteiger charge is 2.67. The summed E-state index contributed by atoms with van der Waals surface area (Å²) in [5.74, 6) is 0. The van der Waals surface area contributed by atoms with Crippen molar-refractivity contribution in [3.05, 3.63) is 18.0 Å². The van der Waals surface area contributed by atoms with E-state index < -0.39 is 0 Å². The normalized spacial score (nSPS) is 44.9. The van der Waals surface area contributed by atoms with E-state index in [1.807, 2.05) is 6.20 Å². The van der Waals surface area contributed by atoms with E-state index in [1.54, 1.807) is 7.11 Å². The fraction of sp³-hybridized carbons (Fsp3) is 0.842. The molecule has 23 heavy (non-hydrogen) atoms. The molecule has 1 aromatic rings. The van der Waals surface area contributed by atoms with E-state index in [9.17, 15) is 0 Å². The molecular formula is C19H30N2O2. The van der Waals surface area contributed by atoms with Crippen LogP contribution in [0.4, 0.5) is 0 Å². The Balaban J connectivity index is 1.74. The largest absolute Gasteiger partial charge is 0.382 e. The molecule has 0 aromatic carbocycles. The Morgan fingerprint density at radius 1 is 1.04 bits per heavy atom. The summed E-state index contributed by atoms with van der Waals surface area (Å²) in [7, 11) is 1.75. The first-order chi connectivity index (χ1) is 10.8. The smallest absolute Gasteiger partial charge is 0.0717 e. The molecule has 5 rings (SSSR count). The van der Waals surface area contributed by atoms with Crippen LogP contribution in [0.2, 0.25) is 0 Å². The molecule has 4 aliphatic rings. The molecule has 0 N–H and O–H groups in total. The number of ether oxygens (including phenoxy) is 2. The van der Waals surface area contributed by atoms with E-state index >= 15 is 0 Å². The molecule has 4 fully saturated rings. The van der Waals surface area contributed by atoms with Gasteiger partial charge in [0.15, 0.2) is 0 Å². The van der Waals surface area contributed by atoms with E-state index in [2.05, 4.69) is 31.5 Å². The number of rotatable bonds is 5. The summed E-state index contributed by atoms with van der Waals surface area (Å²) in [6, 6.07) is 2.14. The zero-order valence-electron chi connectivity index (χ0n) is 15.0. The molecule has 0 saturated heterocycles. The third-order valence-electron chi connectivity index (χ3n) is 6.49. The van der Waals surface area contributed by atoms with Crippen LogP contribution in [-0.4, -0.2) is 35.7 Å². The molecule has 4 saturated carbocycles. The van der Waals surface area contributed by atoms with Crippen molar-refractivity contribution in [1.29, 1.82) is 0 Å². The van der Waals surface area contributed by atoms with Gasteiger partial charge >= 0.3 is 0 Å². The summed E-state index contributed by atoms with van der Waals surface area (Å²) < 4.78 is 14.1. The second-order valence-electron chi connectivity index (χ2n) is 9.31. The second kappa shape index (κ2) is 4.82. The SMILES string of the molecule is COCCOC12CC3(C)CC(C)(C1)CC(n1nccc1C)(C3)C2. The Kier molecular flexibility index (Phi) is 3.28. The number of hydrogen-bond acceptors (Lipinski definition) is 3. The fourth-order valence-electron chi connectivity index (χ4n) is 7.11. The molecule has 0 spiro atoms. The summed E-state index contributed by atoms with van der Waals surface area (Å²) in [6.07, 6.45) is 9.27. The first kappa shape index (κ1) is 15.6. The molecule has 4 aliphatic carbocycles. The summed E-state index contributed by atoms with van der Waals surface area (Å²) in [5, 5.41) is 4.73. The van der Waals surface area contributed by atoms with Gasteiger partial charge in [-0.2, -0.15) is 5.10 Å². The fourth-order valence-corrected chi connectivity index (χ4v) is 7.11. The number of aryl methyl sites for hydroxylation is 1. The Morgan fingerprint density at radius 3 is 2.30 bits per heavy atom. The van der Waals surface area contributed by atoms with Crippen molar-refractivity contribution < 1.29 is 9.47 Å². The Hall–Kier alpha value is -0.870. The monoisotopic (exact) mass is 318 g/mol. The average molecular weight is 318 g/mol. The van der Waals surface area contributed by atoms with Gasteiger partial charge in [-0.1, -0.05) is 13.8 Å². The van der Waals surface area contributed by atoms with Crippen LogP contribution in [0.1, 0.15) is 58.1 Å². The van der Waals surface area contributed by atoms with E-state index in [4.69, 9.17) is 14.6 Å². The van der Waals surface area contributed by atoms with E-state index in [-0.39, 0.29) is 11.1 Å². The van der Waals surface area contributed by atoms with E-state index in [0.717, 1.165) is 6.42 Å². The van der Waals surface area contributed by atoms with Gasteiger partial charge in [-0.3, -0.25) is 4.68 Å². The van der Waals surface area contributed by atoms with Crippen LogP contribution >= 0.6 is 0 Å². The van der Waals surface area contributed by atoms with Crippen molar-refractivity contribution in [1.82, 2.24) is 9.78 Å².